The van der Waals surface area contributed by atoms with Gasteiger partial charge < -0.3 is 28.7 Å². The van der Waals surface area contributed by atoms with Crippen molar-refractivity contribution >= 4 is 63.0 Å². The molecule has 12 nitrogen and oxygen atoms in total. The van der Waals surface area contributed by atoms with E-state index in [-0.39, 0.29) is 51.7 Å². The van der Waals surface area contributed by atoms with Gasteiger partial charge in [0.2, 0.25) is 0 Å². The van der Waals surface area contributed by atoms with Crippen molar-refractivity contribution in [3.63, 3.8) is 0 Å². The molecular weight excluding hydrogens is 735 g/mol. The van der Waals surface area contributed by atoms with Crippen LogP contribution < -0.4 is 18.5 Å². The number of ether oxygens (including phenoxy) is 4. The Morgan fingerprint density at radius 2 is 1.78 bits per heavy atom. The number of para-hydroxylation sites is 1. The van der Waals surface area contributed by atoms with Crippen molar-refractivity contribution in [3.05, 3.63) is 87.4 Å². The smallest absolute Gasteiger partial charge is 0.387 e. The number of hydrogen-bond donors (Lipinski definition) is 1. The summed E-state index contributed by atoms with van der Waals surface area (Å²) in [4.78, 5) is 26.3. The second-order valence-corrected chi connectivity index (χ2v) is 14.5. The zero-order valence-electron chi connectivity index (χ0n) is 27.7. The van der Waals surface area contributed by atoms with Gasteiger partial charge in [0.15, 0.2) is 23.9 Å². The fraction of sp³-hybridized carbons (Fsp3) is 0.382. The first-order chi connectivity index (χ1) is 24.1. The molecule has 1 fully saturated rings. The third-order valence-electron chi connectivity index (χ3n) is 7.66. The van der Waals surface area contributed by atoms with E-state index >= 15 is 0 Å². The summed E-state index contributed by atoms with van der Waals surface area (Å²) in [5.41, 5.74) is 0.452. The summed E-state index contributed by atoms with van der Waals surface area (Å²) < 4.78 is 73.8. The Bertz CT molecular complexity index is 1910. The van der Waals surface area contributed by atoms with E-state index in [1.807, 2.05) is 0 Å². The Kier molecular flexibility index (Phi) is 11.9. The molecule has 0 radical (unpaired) electrons. The van der Waals surface area contributed by atoms with Gasteiger partial charge >= 0.3 is 18.6 Å². The number of carbonyl (C=O) groups is 2. The lowest BCUT2D eigenvalue weighted by Gasteiger charge is -2.23. The summed E-state index contributed by atoms with van der Waals surface area (Å²) in [5, 5.41) is 12.4. The highest BCUT2D eigenvalue weighted by molar-refractivity contribution is 7.80. The third-order valence-corrected chi connectivity index (χ3v) is 9.02. The van der Waals surface area contributed by atoms with E-state index in [2.05, 4.69) is 4.74 Å². The van der Waals surface area contributed by atoms with E-state index in [0.717, 1.165) is 29.5 Å². The Morgan fingerprint density at radius 1 is 1.10 bits per heavy atom. The summed E-state index contributed by atoms with van der Waals surface area (Å²) in [6, 6.07) is 10.9. The SMILES string of the molecule is CC(C)(C)OC(=O)CN(c1cn(CC(=O)O[C@@H](Cc2c(Cl)c[n+]([O-])cc2Cl)c2ccc(OC(F)F)c(OCC3CC3)c2)c2ccccc12)S(=O)O. The van der Waals surface area contributed by atoms with Gasteiger partial charge in [-0.3, -0.25) is 18.4 Å². The molecule has 17 heteroatoms. The van der Waals surface area contributed by atoms with Crippen LogP contribution in [0, 0.1) is 11.1 Å². The summed E-state index contributed by atoms with van der Waals surface area (Å²) >= 11 is 10.1. The lowest BCUT2D eigenvalue weighted by Crippen LogP contribution is -2.35. The quantitative estimate of drug-likeness (QED) is 0.0599. The molecule has 1 aliphatic carbocycles. The van der Waals surface area contributed by atoms with Crippen LogP contribution in [-0.4, -0.2) is 50.6 Å². The number of fused-ring (bicyclic) bond motifs is 1. The minimum absolute atomic E-state index is 0.00420. The van der Waals surface area contributed by atoms with Crippen LogP contribution in [0.25, 0.3) is 10.9 Å². The van der Waals surface area contributed by atoms with Gasteiger partial charge in [-0.05, 0) is 63.3 Å². The van der Waals surface area contributed by atoms with Crippen LogP contribution in [0.4, 0.5) is 14.5 Å². The standard InChI is InChI=1S/C34H35Cl2F2N3O9S/c1-34(2,3)50-32(43)18-41(51(45)46)27-16-39(26-7-5-4-6-22(26)27)17-31(42)48-29(13-23-24(35)14-40(44)15-25(23)36)21-10-11-28(49-33(37)38)30(12-21)47-19-20-8-9-20/h4-7,10-12,14-16,20,29,33H,8-9,13,17-19H2,1-3H3,(H,45,46)/t29-/m0/s1. The van der Waals surface area contributed by atoms with Gasteiger partial charge in [-0.15, -0.1) is 0 Å². The van der Waals surface area contributed by atoms with Crippen LogP contribution >= 0.6 is 23.2 Å². The summed E-state index contributed by atoms with van der Waals surface area (Å²) in [7, 11) is 0. The fourth-order valence-electron chi connectivity index (χ4n) is 5.27. The van der Waals surface area contributed by atoms with Gasteiger partial charge in [-0.2, -0.15) is 13.5 Å². The number of benzene rings is 2. The van der Waals surface area contributed by atoms with Crippen LogP contribution in [0.1, 0.15) is 50.8 Å². The molecule has 2 aromatic carbocycles. The predicted molar refractivity (Wildman–Crippen MR) is 185 cm³/mol. The normalized spacial score (nSPS) is 14.3. The van der Waals surface area contributed by atoms with E-state index in [4.69, 9.17) is 37.4 Å². The van der Waals surface area contributed by atoms with Crippen LogP contribution in [0.3, 0.4) is 0 Å². The molecule has 5 rings (SSSR count). The molecular formula is C34H35Cl2F2N3O9S. The number of nitrogens with zero attached hydrogens (tertiary/aromatic N) is 3. The Morgan fingerprint density at radius 3 is 2.41 bits per heavy atom. The lowest BCUT2D eigenvalue weighted by molar-refractivity contribution is -0.605. The molecule has 0 aliphatic heterocycles. The molecule has 0 spiro atoms. The van der Waals surface area contributed by atoms with Crippen molar-refractivity contribution < 1.29 is 50.8 Å². The monoisotopic (exact) mass is 769 g/mol. The van der Waals surface area contributed by atoms with Gasteiger partial charge in [0.1, 0.15) is 34.8 Å². The Labute approximate surface area is 304 Å². The van der Waals surface area contributed by atoms with Gasteiger partial charge in [0, 0.05) is 23.6 Å². The number of esters is 2. The largest absolute Gasteiger partial charge is 0.619 e. The molecule has 0 amide bonds. The number of aromatic nitrogens is 2. The molecule has 0 saturated heterocycles. The second kappa shape index (κ2) is 16.0. The van der Waals surface area contributed by atoms with Gasteiger partial charge in [0.25, 0.3) is 11.3 Å². The Balaban J connectivity index is 1.47. The molecule has 51 heavy (non-hydrogen) atoms. The van der Waals surface area contributed by atoms with Crippen LogP contribution in [0.5, 0.6) is 11.5 Å². The van der Waals surface area contributed by atoms with Crippen molar-refractivity contribution in [3.8, 4) is 11.5 Å². The summed E-state index contributed by atoms with van der Waals surface area (Å²) in [5.74, 6) is -1.41. The first-order valence-corrected chi connectivity index (χ1v) is 17.6. The maximum atomic E-state index is 13.7. The third kappa shape index (κ3) is 10.2. The number of rotatable bonds is 15. The molecule has 2 heterocycles. The van der Waals surface area contributed by atoms with Gasteiger partial charge in [0.05, 0.1) is 17.8 Å². The lowest BCUT2D eigenvalue weighted by atomic mass is 10.0. The fourth-order valence-corrected chi connectivity index (χ4v) is 6.40. The number of alkyl halides is 2. The van der Waals surface area contributed by atoms with Crippen molar-refractivity contribution in [2.75, 3.05) is 17.5 Å². The first kappa shape index (κ1) is 38.1. The zero-order chi connectivity index (χ0) is 37.0. The maximum Gasteiger partial charge on any atom is 0.387 e. The van der Waals surface area contributed by atoms with E-state index in [9.17, 15) is 32.3 Å². The highest BCUT2D eigenvalue weighted by Crippen LogP contribution is 2.38. The van der Waals surface area contributed by atoms with Gasteiger partial charge in [-0.1, -0.05) is 47.5 Å². The van der Waals surface area contributed by atoms with Crippen molar-refractivity contribution in [2.24, 2.45) is 5.92 Å². The molecule has 274 valence electrons. The predicted octanol–water partition coefficient (Wildman–Crippen LogP) is 6.78. The first-order valence-electron chi connectivity index (χ1n) is 15.7. The average molecular weight is 771 g/mol. The van der Waals surface area contributed by atoms with Crippen LogP contribution in [-0.2, 0) is 43.3 Å². The second-order valence-electron chi connectivity index (χ2n) is 12.8. The van der Waals surface area contributed by atoms with Crippen LogP contribution in [0.15, 0.2) is 61.1 Å². The molecule has 1 N–H and O–H groups in total. The zero-order valence-corrected chi connectivity index (χ0v) is 30.1. The molecule has 1 saturated carbocycles. The van der Waals surface area contributed by atoms with Crippen molar-refractivity contribution in [1.82, 2.24) is 4.57 Å². The van der Waals surface area contributed by atoms with E-state index < -0.39 is 54.6 Å². The molecule has 2 atom stereocenters. The highest BCUT2D eigenvalue weighted by atomic mass is 35.5. The molecule has 2 aromatic heterocycles. The topological polar surface area (TPSA) is 143 Å². The van der Waals surface area contributed by atoms with Crippen LogP contribution in [0.2, 0.25) is 10.0 Å². The number of carbonyl (C=O) groups excluding carboxylic acids is 2. The Hall–Kier alpha value is -4.18. The van der Waals surface area contributed by atoms with E-state index in [1.165, 1.54) is 29.0 Å². The number of anilines is 1. The highest BCUT2D eigenvalue weighted by Gasteiger charge is 2.28. The van der Waals surface area contributed by atoms with Gasteiger partial charge in [-0.25, -0.2) is 4.21 Å². The number of hydrogen-bond acceptors (Lipinski definition) is 8. The van der Waals surface area contributed by atoms with E-state index in [1.54, 1.807) is 45.0 Å². The summed E-state index contributed by atoms with van der Waals surface area (Å²) in [6.07, 6.45) is 4.27. The van der Waals surface area contributed by atoms with Crippen molar-refractivity contribution in [2.45, 2.75) is 64.9 Å². The average Bonchev–Trinajstić information content (AvgIpc) is 3.80. The van der Waals surface area contributed by atoms with Crippen molar-refractivity contribution in [1.29, 1.82) is 0 Å². The summed E-state index contributed by atoms with van der Waals surface area (Å²) in [6.45, 7) is 1.22. The maximum absolute atomic E-state index is 13.7. The molecule has 1 unspecified atom stereocenters. The van der Waals surface area contributed by atoms with E-state index in [0.29, 0.717) is 21.2 Å². The molecule has 1 aliphatic rings. The molecule has 0 bridgehead atoms. The number of halogens is 4. The number of pyridine rings is 1. The molecule has 4 aromatic rings. The minimum Gasteiger partial charge on any atom is -0.619 e. The minimum atomic E-state index is -3.11.